The van der Waals surface area contributed by atoms with E-state index in [1.54, 1.807) is 13.8 Å². The van der Waals surface area contributed by atoms with Gasteiger partial charge in [-0.1, -0.05) is 13.8 Å². The van der Waals surface area contributed by atoms with E-state index < -0.39 is 26.6 Å². The van der Waals surface area contributed by atoms with Gasteiger partial charge < -0.3 is 24.8 Å². The van der Waals surface area contributed by atoms with Gasteiger partial charge in [0.15, 0.2) is 0 Å². The van der Waals surface area contributed by atoms with Gasteiger partial charge in [0, 0.05) is 0 Å². The lowest BCUT2D eigenvalue weighted by molar-refractivity contribution is 0.105. The first-order chi connectivity index (χ1) is 9.98. The molecule has 13 heteroatoms. The molecule has 0 aromatic rings. The monoisotopic (exact) mass is 364 g/mol. The molecule has 2 unspecified atom stereocenters. The molecular formula is C9H22N2O9P2. The molecule has 0 saturated carbocycles. The third-order valence-corrected chi connectivity index (χ3v) is 4.15. The zero-order valence-corrected chi connectivity index (χ0v) is 14.3. The number of carbonyl (C=O) groups excluding carboxylic acids is 2. The van der Waals surface area contributed by atoms with Crippen LogP contribution in [0.1, 0.15) is 33.6 Å². The van der Waals surface area contributed by atoms with Crippen LogP contribution in [-0.4, -0.2) is 33.9 Å². The van der Waals surface area contributed by atoms with Gasteiger partial charge in [0.2, 0.25) is 0 Å². The minimum atomic E-state index is -4.43. The number of rotatable bonds is 8. The molecule has 22 heavy (non-hydrogen) atoms. The van der Waals surface area contributed by atoms with Crippen LogP contribution in [0.4, 0.5) is 9.59 Å². The highest BCUT2D eigenvalue weighted by atomic mass is 31.2. The Hall–Kier alpha value is -0.800. The van der Waals surface area contributed by atoms with Crippen molar-refractivity contribution in [2.24, 2.45) is 11.6 Å². The predicted molar refractivity (Wildman–Crippen MR) is 77.0 cm³/mol. The summed E-state index contributed by atoms with van der Waals surface area (Å²) >= 11 is 0. The molecule has 0 aliphatic rings. The minimum Gasteiger partial charge on any atom is -0.453 e. The predicted octanol–water partition coefficient (Wildman–Crippen LogP) is 1.67. The highest BCUT2D eigenvalue weighted by molar-refractivity contribution is 7.70. The van der Waals surface area contributed by atoms with Gasteiger partial charge in [-0.05, 0) is 19.8 Å². The van der Waals surface area contributed by atoms with Gasteiger partial charge in [-0.15, -0.1) is 0 Å². The lowest BCUT2D eigenvalue weighted by Crippen LogP contribution is -2.17. The number of amides is 1. The van der Waals surface area contributed by atoms with Crippen molar-refractivity contribution >= 4 is 26.6 Å². The maximum absolute atomic E-state index is 10.9. The summed E-state index contributed by atoms with van der Waals surface area (Å²) in [6.07, 6.45) is 0.780. The largest absolute Gasteiger partial charge is 0.453 e. The van der Waals surface area contributed by atoms with Crippen LogP contribution >= 0.6 is 15.2 Å². The van der Waals surface area contributed by atoms with E-state index in [1.165, 1.54) is 6.92 Å². The number of primary amides is 1. The van der Waals surface area contributed by atoms with Crippen LogP contribution in [0.25, 0.3) is 0 Å². The highest BCUT2D eigenvalue weighted by Crippen LogP contribution is 2.42. The molecule has 0 radical (unpaired) electrons. The fourth-order valence-electron chi connectivity index (χ4n) is 0.946. The van der Waals surface area contributed by atoms with E-state index in [0.717, 1.165) is 0 Å². The Morgan fingerprint density at radius 2 is 1.55 bits per heavy atom. The van der Waals surface area contributed by atoms with Gasteiger partial charge in [0.25, 0.3) is 0 Å². The lowest BCUT2D eigenvalue weighted by atomic mass is 10.2. The third kappa shape index (κ3) is 9.26. The van der Waals surface area contributed by atoms with Crippen molar-refractivity contribution in [2.75, 3.05) is 6.61 Å². The zero-order chi connectivity index (χ0) is 18.0. The minimum absolute atomic E-state index is 0.00326. The first-order valence-corrected chi connectivity index (χ1v) is 9.33. The molecule has 0 aromatic heterocycles. The van der Waals surface area contributed by atoms with E-state index in [4.69, 9.17) is 9.79 Å². The molecule has 6 N–H and O–H groups in total. The average molecular weight is 364 g/mol. The molecule has 0 spiro atoms. The molecule has 2 atom stereocenters. The van der Waals surface area contributed by atoms with Crippen LogP contribution in [0.2, 0.25) is 0 Å². The van der Waals surface area contributed by atoms with E-state index in [9.17, 15) is 18.7 Å². The Morgan fingerprint density at radius 3 is 1.77 bits per heavy atom. The Balaban J connectivity index is 0. The van der Waals surface area contributed by atoms with Gasteiger partial charge in [-0.2, -0.15) is 0 Å². The molecule has 132 valence electrons. The summed E-state index contributed by atoms with van der Waals surface area (Å²) in [5, 5.41) is 0. The molecule has 0 aliphatic heterocycles. The first kappa shape index (κ1) is 23.5. The Labute approximate surface area is 127 Å². The molecule has 0 fully saturated rings. The van der Waals surface area contributed by atoms with Gasteiger partial charge in [-0.25, -0.2) is 24.4 Å². The summed E-state index contributed by atoms with van der Waals surface area (Å²) in [5.41, 5.74) is 1.86. The SMILES string of the molecule is CCC(CC)OC(=O)P(=O)(O)ON.CCOP(=O)(O)C(N)=O. The van der Waals surface area contributed by atoms with Gasteiger partial charge in [-0.3, -0.25) is 4.79 Å². The van der Waals surface area contributed by atoms with Crippen molar-refractivity contribution in [3.63, 3.8) is 0 Å². The molecule has 0 aliphatic carbocycles. The smallest absolute Gasteiger partial charge is 0.451 e. The maximum Gasteiger partial charge on any atom is 0.451 e. The molecular weight excluding hydrogens is 342 g/mol. The second kappa shape index (κ2) is 10.8. The lowest BCUT2D eigenvalue weighted by Gasteiger charge is -2.14. The second-order valence-electron chi connectivity index (χ2n) is 3.72. The Kier molecular flexibility index (Phi) is 11.6. The normalized spacial score (nSPS) is 16.0. The zero-order valence-electron chi connectivity index (χ0n) is 12.5. The van der Waals surface area contributed by atoms with Gasteiger partial charge in [0.05, 0.1) is 6.61 Å². The molecule has 11 nitrogen and oxygen atoms in total. The molecule has 0 aromatic carbocycles. The summed E-state index contributed by atoms with van der Waals surface area (Å²) in [6, 6.07) is 0. The Bertz CT molecular complexity index is 452. The number of ether oxygens (including phenoxy) is 1. The average Bonchev–Trinajstić information content (AvgIpc) is 2.44. The quantitative estimate of drug-likeness (QED) is 0.364. The summed E-state index contributed by atoms with van der Waals surface area (Å²) < 4.78 is 33.6. The van der Waals surface area contributed by atoms with Gasteiger partial charge in [0.1, 0.15) is 6.10 Å². The summed E-state index contributed by atoms with van der Waals surface area (Å²) in [7, 11) is -8.55. The highest BCUT2D eigenvalue weighted by Gasteiger charge is 2.33. The van der Waals surface area contributed by atoms with Crippen LogP contribution in [-0.2, 0) is 23.0 Å². The maximum atomic E-state index is 10.9. The third-order valence-electron chi connectivity index (χ3n) is 2.13. The fourth-order valence-corrected chi connectivity index (χ4v) is 1.79. The van der Waals surface area contributed by atoms with E-state index in [-0.39, 0.29) is 12.7 Å². The van der Waals surface area contributed by atoms with Crippen molar-refractivity contribution in [2.45, 2.75) is 39.7 Å². The molecule has 0 rings (SSSR count). The second-order valence-corrected chi connectivity index (χ2v) is 7.08. The van der Waals surface area contributed by atoms with Crippen LogP contribution in [0, 0.1) is 0 Å². The summed E-state index contributed by atoms with van der Waals surface area (Å²) in [6.45, 7) is 5.09. The molecule has 0 bridgehead atoms. The van der Waals surface area contributed by atoms with Crippen molar-refractivity contribution in [3.05, 3.63) is 0 Å². The van der Waals surface area contributed by atoms with Crippen molar-refractivity contribution in [1.29, 1.82) is 0 Å². The van der Waals surface area contributed by atoms with E-state index in [2.05, 4.69) is 25.5 Å². The first-order valence-electron chi connectivity index (χ1n) is 6.18. The van der Waals surface area contributed by atoms with Crippen LogP contribution < -0.4 is 11.6 Å². The van der Waals surface area contributed by atoms with E-state index in [1.807, 2.05) is 0 Å². The number of hydrogen-bond donors (Lipinski definition) is 4. The number of nitrogens with two attached hydrogens (primary N) is 2. The summed E-state index contributed by atoms with van der Waals surface area (Å²) in [5.74, 6) is 4.45. The standard InChI is InChI=1S/C6H14NO5P.C3H8NO4P/c1-3-5(4-2)11-6(8)13(9,10)12-7;1-2-8-9(6,7)3(4)5/h5H,3-4,7H2,1-2H3,(H,9,10);2H2,1H3,(H2,4,5)(H,6,7). The van der Waals surface area contributed by atoms with Gasteiger partial charge >= 0.3 is 26.6 Å². The van der Waals surface area contributed by atoms with E-state index in [0.29, 0.717) is 12.8 Å². The Morgan fingerprint density at radius 1 is 1.09 bits per heavy atom. The molecule has 1 amide bonds. The summed E-state index contributed by atoms with van der Waals surface area (Å²) in [4.78, 5) is 38.1. The van der Waals surface area contributed by atoms with Crippen LogP contribution in [0.3, 0.4) is 0 Å². The van der Waals surface area contributed by atoms with Crippen LogP contribution in [0.15, 0.2) is 0 Å². The topological polar surface area (TPSA) is 188 Å². The molecule has 0 saturated heterocycles. The number of hydrogen-bond acceptors (Lipinski definition) is 8. The van der Waals surface area contributed by atoms with Crippen molar-refractivity contribution in [3.8, 4) is 0 Å². The fraction of sp³-hybridized carbons (Fsp3) is 0.778. The molecule has 0 heterocycles. The van der Waals surface area contributed by atoms with Crippen molar-refractivity contribution < 1.29 is 42.4 Å². The van der Waals surface area contributed by atoms with Crippen LogP contribution in [0.5, 0.6) is 0 Å². The van der Waals surface area contributed by atoms with E-state index >= 15 is 0 Å². The van der Waals surface area contributed by atoms with Crippen molar-refractivity contribution in [1.82, 2.24) is 0 Å². The number of carbonyl (C=O) groups is 2.